The number of hydrogen-bond donors (Lipinski definition) is 16. The van der Waals surface area contributed by atoms with Crippen LogP contribution in [0.4, 0.5) is 0 Å². The van der Waals surface area contributed by atoms with Crippen LogP contribution in [0.1, 0.15) is 113 Å². The molecule has 33 atom stereocenters. The summed E-state index contributed by atoms with van der Waals surface area (Å²) in [6, 6.07) is 0. The molecule has 5 aliphatic carbocycles. The minimum absolute atomic E-state index is 0.0815. The van der Waals surface area contributed by atoms with Crippen molar-refractivity contribution in [2.24, 2.45) is 50.2 Å². The number of allylic oxidation sites excluding steroid dienone is 2. The van der Waals surface area contributed by atoms with Gasteiger partial charge in [0.1, 0.15) is 110 Å². The van der Waals surface area contributed by atoms with Crippen LogP contribution in [0.15, 0.2) is 11.6 Å². The zero-order valence-electron chi connectivity index (χ0n) is 50.0. The third-order valence-corrected chi connectivity index (χ3v) is 23.2. The molecule has 5 saturated heterocycles. The zero-order valence-corrected chi connectivity index (χ0v) is 50.0. The molecule has 27 nitrogen and oxygen atoms in total. The molecule has 86 heavy (non-hydrogen) atoms. The summed E-state index contributed by atoms with van der Waals surface area (Å²) in [5, 5.41) is 172. The van der Waals surface area contributed by atoms with Crippen LogP contribution in [-0.2, 0) is 52.2 Å². The second-order valence-electron chi connectivity index (χ2n) is 28.5. The molecule has 0 amide bonds. The fourth-order valence-electron chi connectivity index (χ4n) is 17.5. The van der Waals surface area contributed by atoms with Crippen LogP contribution in [0, 0.1) is 50.2 Å². The maximum atomic E-state index is 15.2. The molecule has 10 aliphatic rings. The van der Waals surface area contributed by atoms with Crippen LogP contribution in [0.25, 0.3) is 0 Å². The first kappa shape index (κ1) is 67.1. The molecule has 0 bridgehead atoms. The van der Waals surface area contributed by atoms with Gasteiger partial charge in [-0.25, -0.2) is 0 Å². The molecular weight excluding hydrogens is 1140 g/mol. The third-order valence-electron chi connectivity index (χ3n) is 23.2. The topological polar surface area (TPSA) is 433 Å². The van der Waals surface area contributed by atoms with Crippen LogP contribution in [0.5, 0.6) is 0 Å². The summed E-state index contributed by atoms with van der Waals surface area (Å²) in [7, 11) is 0. The smallest absolute Gasteiger partial charge is 0.315 e. The summed E-state index contributed by atoms with van der Waals surface area (Å²) in [5.74, 6) is -0.952. The molecule has 0 aromatic heterocycles. The predicted molar refractivity (Wildman–Crippen MR) is 289 cm³/mol. The van der Waals surface area contributed by atoms with Gasteiger partial charge in [-0.15, -0.1) is 0 Å². The summed E-state index contributed by atoms with van der Waals surface area (Å²) in [6.45, 7) is 12.0. The van der Waals surface area contributed by atoms with Gasteiger partial charge in [0.15, 0.2) is 25.2 Å². The molecule has 16 N–H and O–H groups in total. The van der Waals surface area contributed by atoms with Crippen LogP contribution in [-0.4, -0.2) is 274 Å². The molecule has 4 saturated carbocycles. The van der Waals surface area contributed by atoms with Crippen LogP contribution in [0.3, 0.4) is 0 Å². The summed E-state index contributed by atoms with van der Waals surface area (Å²) < 4.78 is 59.9. The fraction of sp³-hybridized carbons (Fsp3) is 0.949. The van der Waals surface area contributed by atoms with Gasteiger partial charge in [0.25, 0.3) is 0 Å². The van der Waals surface area contributed by atoms with E-state index in [0.29, 0.717) is 57.8 Å². The largest absolute Gasteiger partial charge is 0.432 e. The van der Waals surface area contributed by atoms with E-state index in [1.807, 2.05) is 6.92 Å². The van der Waals surface area contributed by atoms with Gasteiger partial charge in [0, 0.05) is 5.41 Å². The van der Waals surface area contributed by atoms with Crippen molar-refractivity contribution in [3.05, 3.63) is 11.6 Å². The van der Waals surface area contributed by atoms with Gasteiger partial charge < -0.3 is 129 Å². The highest BCUT2D eigenvalue weighted by Gasteiger charge is 2.71. The molecule has 9 unspecified atom stereocenters. The van der Waals surface area contributed by atoms with E-state index in [2.05, 4.69) is 40.7 Å². The van der Waals surface area contributed by atoms with Gasteiger partial charge in [-0.2, -0.15) is 0 Å². The lowest BCUT2D eigenvalue weighted by Crippen LogP contribution is -2.67. The Morgan fingerprint density at radius 3 is 1.77 bits per heavy atom. The van der Waals surface area contributed by atoms with Crippen molar-refractivity contribution < 1.29 is 134 Å². The monoisotopic (exact) mass is 1240 g/mol. The van der Waals surface area contributed by atoms with Gasteiger partial charge in [0.05, 0.1) is 50.7 Å². The maximum Gasteiger partial charge on any atom is 0.315 e. The molecule has 27 heteroatoms. The van der Waals surface area contributed by atoms with Gasteiger partial charge in [-0.1, -0.05) is 53.2 Å². The lowest BCUT2D eigenvalue weighted by atomic mass is 9.33. The first-order valence-corrected chi connectivity index (χ1v) is 30.8. The number of carbonyl (C=O) groups excluding carboxylic acids is 1. The van der Waals surface area contributed by atoms with Gasteiger partial charge in [-0.3, -0.25) is 4.79 Å². The Hall–Kier alpha value is -1.79. The summed E-state index contributed by atoms with van der Waals surface area (Å²) in [6.07, 6.45) is -31.7. The number of aliphatic hydroxyl groups is 16. The van der Waals surface area contributed by atoms with E-state index in [1.54, 1.807) is 0 Å². The fourth-order valence-corrected chi connectivity index (χ4v) is 17.5. The SMILES string of the molecule is C[C@@H]1O[C@@H](O[C@H]2[C@H](OC3CCC4(C)C(CCC5(C)C4CC=C4C6CC(C)(C)CCC6(C(=O)O[C@@H]6O[C@H](CO[C@@H]7O[C@H](CO)[C@@H](O)[C@H](O)[C@H]7O)[C@@H](O)[C@H](O)[C@H]6O)CCC45C)C3(C)CO)OC[C@H](O)[C@@H]2O)[C@H](O[C@@H]2O[C@H](CO)[C@@H](O)[C@H](O)[C@H]2O)[C@H](O)[C@@H]1O. The van der Waals surface area contributed by atoms with Crippen molar-refractivity contribution >= 4 is 5.97 Å². The molecule has 0 spiro atoms. The van der Waals surface area contributed by atoms with Crippen molar-refractivity contribution in [1.29, 1.82) is 0 Å². The van der Waals surface area contributed by atoms with Crippen molar-refractivity contribution in [2.45, 2.75) is 266 Å². The van der Waals surface area contributed by atoms with E-state index in [4.69, 9.17) is 47.4 Å². The molecular formula is C59H96O27. The van der Waals surface area contributed by atoms with Crippen molar-refractivity contribution in [1.82, 2.24) is 0 Å². The van der Waals surface area contributed by atoms with E-state index in [-0.39, 0.29) is 47.2 Å². The summed E-state index contributed by atoms with van der Waals surface area (Å²) in [5.41, 5.74) is -2.12. The molecule has 0 aromatic rings. The average molecular weight is 1240 g/mol. The van der Waals surface area contributed by atoms with Crippen molar-refractivity contribution in [2.75, 3.05) is 33.0 Å². The minimum atomic E-state index is -1.90. The first-order chi connectivity index (χ1) is 40.4. The normalized spacial score (nSPS) is 54.8. The molecule has 494 valence electrons. The molecule has 0 aromatic carbocycles. The molecule has 5 aliphatic heterocycles. The highest BCUT2D eigenvalue weighted by atomic mass is 16.8. The minimum Gasteiger partial charge on any atom is -0.432 e. The number of fused-ring (bicyclic) bond motifs is 7. The Morgan fingerprint density at radius 2 is 1.13 bits per heavy atom. The number of aliphatic hydroxyl groups excluding tert-OH is 16. The van der Waals surface area contributed by atoms with E-state index >= 15 is 4.79 Å². The lowest BCUT2D eigenvalue weighted by molar-refractivity contribution is -0.391. The number of rotatable bonds is 14. The predicted octanol–water partition coefficient (Wildman–Crippen LogP) is -3.57. The molecule has 9 fully saturated rings. The van der Waals surface area contributed by atoms with Gasteiger partial charge >= 0.3 is 5.97 Å². The van der Waals surface area contributed by atoms with Crippen molar-refractivity contribution in [3.63, 3.8) is 0 Å². The second-order valence-corrected chi connectivity index (χ2v) is 28.5. The average Bonchev–Trinajstić information content (AvgIpc) is 0.684. The Morgan fingerprint density at radius 1 is 0.558 bits per heavy atom. The molecule has 0 radical (unpaired) electrons. The number of carbonyl (C=O) groups is 1. The van der Waals surface area contributed by atoms with Crippen LogP contribution >= 0.6 is 0 Å². The number of esters is 1. The summed E-state index contributed by atoms with van der Waals surface area (Å²) in [4.78, 5) is 15.2. The van der Waals surface area contributed by atoms with E-state index < -0.39 is 196 Å². The maximum absolute atomic E-state index is 15.2. The lowest BCUT2D eigenvalue weighted by Gasteiger charge is -2.71. The van der Waals surface area contributed by atoms with Crippen LogP contribution < -0.4 is 0 Å². The Labute approximate surface area is 499 Å². The van der Waals surface area contributed by atoms with Crippen LogP contribution in [0.2, 0.25) is 0 Å². The van der Waals surface area contributed by atoms with E-state index in [1.165, 1.54) is 12.5 Å². The molecule has 10 rings (SSSR count). The summed E-state index contributed by atoms with van der Waals surface area (Å²) >= 11 is 0. The van der Waals surface area contributed by atoms with E-state index in [9.17, 15) is 81.7 Å². The quantitative estimate of drug-likeness (QED) is 0.0454. The highest BCUT2D eigenvalue weighted by molar-refractivity contribution is 5.79. The Bertz CT molecular complexity index is 2380. The molecule has 5 heterocycles. The number of hydrogen-bond acceptors (Lipinski definition) is 27. The standard InChI is InChI=1S/C59H96O27/c1-24-34(64)42(72)47(84-49-44(74)40(70)37(67)29(20-61)81-49)52(79-24)85-46-35(65)27(63)21-77-51(46)83-33-11-12-55(4)31(56(33,5)23-62)10-13-58(7)32(55)9-8-25-26-18-54(2,3)14-16-59(26,17-15-57(25,58)6)53(76)86-50-45(75)41(71)38(68)30(82-50)22-78-48-43(73)39(69)36(66)28(19-60)80-48/h8,24,26-52,60-75H,9-23H2,1-7H3/t24-,26?,27-,28+,29+,30+,31?,32?,33?,34+,35-,36+,37+,38+,39-,40-,41-,42+,43+,44+,45+,46+,47+,48+,49-,50-,51-,52-,55?,56?,57?,58?,59?/m0/s1. The second kappa shape index (κ2) is 24.9. The highest BCUT2D eigenvalue weighted by Crippen LogP contribution is 2.76. The van der Waals surface area contributed by atoms with Crippen molar-refractivity contribution in [3.8, 4) is 0 Å². The Kier molecular flexibility index (Phi) is 19.4. The van der Waals surface area contributed by atoms with Gasteiger partial charge in [-0.05, 0) is 111 Å². The van der Waals surface area contributed by atoms with Gasteiger partial charge in [0.2, 0.25) is 6.29 Å². The number of ether oxygens (including phenoxy) is 10. The third kappa shape index (κ3) is 11.2. The first-order valence-electron chi connectivity index (χ1n) is 30.8. The van der Waals surface area contributed by atoms with E-state index in [0.717, 1.165) is 6.42 Å². The zero-order chi connectivity index (χ0) is 62.7. The Balaban J connectivity index is 0.862.